The lowest BCUT2D eigenvalue weighted by molar-refractivity contribution is 0.104. The third-order valence-corrected chi connectivity index (χ3v) is 4.92. The number of ketones is 1. The van der Waals surface area contributed by atoms with E-state index in [9.17, 15) is 4.79 Å². The van der Waals surface area contributed by atoms with E-state index in [1.54, 1.807) is 0 Å². The summed E-state index contributed by atoms with van der Waals surface area (Å²) < 4.78 is 0. The first-order valence-corrected chi connectivity index (χ1v) is 8.47. The molecule has 0 bridgehead atoms. The largest absolute Gasteiger partial charge is 0.390 e. The molecular formula is C20H19NOS. The molecule has 0 saturated carbocycles. The summed E-state index contributed by atoms with van der Waals surface area (Å²) in [6, 6.07) is 19.7. The smallest absolute Gasteiger partial charge is 0.195 e. The van der Waals surface area contributed by atoms with Crippen LogP contribution in [-0.4, -0.2) is 5.78 Å². The zero-order valence-electron chi connectivity index (χ0n) is 13.2. The number of benzene rings is 2. The molecule has 0 amide bonds. The molecule has 23 heavy (non-hydrogen) atoms. The first-order valence-electron chi connectivity index (χ1n) is 7.65. The first-order chi connectivity index (χ1) is 11.1. The van der Waals surface area contributed by atoms with E-state index >= 15 is 0 Å². The van der Waals surface area contributed by atoms with Crippen LogP contribution in [0.1, 0.15) is 41.3 Å². The number of thiophene rings is 1. The second-order valence-electron chi connectivity index (χ2n) is 5.86. The van der Waals surface area contributed by atoms with Crippen LogP contribution in [0.3, 0.4) is 0 Å². The highest BCUT2D eigenvalue weighted by Gasteiger charge is 2.17. The van der Waals surface area contributed by atoms with Crippen LogP contribution in [0.4, 0.5) is 5.00 Å². The predicted octanol–water partition coefficient (Wildman–Crippen LogP) is 5.35. The highest BCUT2D eigenvalue weighted by atomic mass is 32.1. The molecule has 2 aromatic carbocycles. The maximum atomic E-state index is 12.7. The standard InChI is InChI=1S/C20H19NOS/c1-13(2)14-8-10-16(11-9-14)19(22)17-12-18(23-20(17)21)15-6-4-3-5-7-15/h3-13H,21H2,1-2H3. The molecule has 3 heteroatoms. The van der Waals surface area contributed by atoms with Gasteiger partial charge in [0.05, 0.1) is 10.6 Å². The third kappa shape index (κ3) is 3.20. The van der Waals surface area contributed by atoms with Gasteiger partial charge in [-0.1, -0.05) is 68.4 Å². The molecule has 1 aromatic heterocycles. The molecule has 116 valence electrons. The van der Waals surface area contributed by atoms with Crippen molar-refractivity contribution in [1.29, 1.82) is 0 Å². The van der Waals surface area contributed by atoms with E-state index in [-0.39, 0.29) is 5.78 Å². The Morgan fingerprint density at radius 3 is 2.26 bits per heavy atom. The van der Waals surface area contributed by atoms with Gasteiger partial charge >= 0.3 is 0 Å². The van der Waals surface area contributed by atoms with E-state index in [4.69, 9.17) is 5.73 Å². The van der Waals surface area contributed by atoms with E-state index in [0.717, 1.165) is 10.4 Å². The molecule has 1 heterocycles. The Morgan fingerprint density at radius 1 is 1.00 bits per heavy atom. The average Bonchev–Trinajstić information content (AvgIpc) is 2.97. The lowest BCUT2D eigenvalue weighted by Crippen LogP contribution is -2.03. The minimum atomic E-state index is -0.0174. The summed E-state index contributed by atoms with van der Waals surface area (Å²) in [5, 5.41) is 0.571. The van der Waals surface area contributed by atoms with E-state index < -0.39 is 0 Å². The van der Waals surface area contributed by atoms with Crippen LogP contribution in [0.25, 0.3) is 10.4 Å². The maximum absolute atomic E-state index is 12.7. The molecule has 0 aliphatic heterocycles. The number of nitrogens with two attached hydrogens (primary N) is 1. The number of anilines is 1. The van der Waals surface area contributed by atoms with E-state index in [2.05, 4.69) is 13.8 Å². The molecule has 0 aliphatic carbocycles. The lowest BCUT2D eigenvalue weighted by Gasteiger charge is -2.06. The van der Waals surface area contributed by atoms with Crippen molar-refractivity contribution in [3.8, 4) is 10.4 Å². The van der Waals surface area contributed by atoms with Crippen LogP contribution in [0, 0.1) is 0 Å². The Kier molecular flexibility index (Phi) is 4.30. The molecule has 3 rings (SSSR count). The van der Waals surface area contributed by atoms with Crippen molar-refractivity contribution in [3.63, 3.8) is 0 Å². The summed E-state index contributed by atoms with van der Waals surface area (Å²) in [6.07, 6.45) is 0. The van der Waals surface area contributed by atoms with Crippen molar-refractivity contribution >= 4 is 22.1 Å². The maximum Gasteiger partial charge on any atom is 0.195 e. The topological polar surface area (TPSA) is 43.1 Å². The highest BCUT2D eigenvalue weighted by Crippen LogP contribution is 2.34. The quantitative estimate of drug-likeness (QED) is 0.658. The fraction of sp³-hybridized carbons (Fsp3) is 0.150. The Balaban J connectivity index is 1.92. The van der Waals surface area contributed by atoms with Gasteiger partial charge in [-0.25, -0.2) is 0 Å². The number of nitrogen functional groups attached to an aromatic ring is 1. The fourth-order valence-electron chi connectivity index (χ4n) is 2.50. The molecular weight excluding hydrogens is 302 g/mol. The Labute approximate surface area is 140 Å². The van der Waals surface area contributed by atoms with Gasteiger partial charge in [0, 0.05) is 10.4 Å². The minimum absolute atomic E-state index is 0.0174. The summed E-state index contributed by atoms with van der Waals surface area (Å²) in [6.45, 7) is 4.28. The van der Waals surface area contributed by atoms with Gasteiger partial charge in [-0.2, -0.15) is 0 Å². The normalized spacial score (nSPS) is 10.9. The Bertz CT molecular complexity index is 817. The van der Waals surface area contributed by atoms with Gasteiger partial charge in [0.1, 0.15) is 0 Å². The van der Waals surface area contributed by atoms with Crippen molar-refractivity contribution in [3.05, 3.63) is 77.4 Å². The van der Waals surface area contributed by atoms with Crippen LogP contribution >= 0.6 is 11.3 Å². The molecule has 2 N–H and O–H groups in total. The van der Waals surface area contributed by atoms with Crippen molar-refractivity contribution < 1.29 is 4.79 Å². The summed E-state index contributed by atoms with van der Waals surface area (Å²) in [7, 11) is 0. The van der Waals surface area contributed by atoms with E-state index in [1.807, 2.05) is 60.7 Å². The third-order valence-electron chi connectivity index (χ3n) is 3.90. The second-order valence-corrected chi connectivity index (χ2v) is 6.94. The molecule has 3 aromatic rings. The van der Waals surface area contributed by atoms with Crippen LogP contribution < -0.4 is 5.73 Å². The monoisotopic (exact) mass is 321 g/mol. The van der Waals surface area contributed by atoms with Crippen molar-refractivity contribution in [2.24, 2.45) is 0 Å². The van der Waals surface area contributed by atoms with Crippen LogP contribution in [0.5, 0.6) is 0 Å². The number of hydrogen-bond acceptors (Lipinski definition) is 3. The number of rotatable bonds is 4. The van der Waals surface area contributed by atoms with Gasteiger partial charge in [-0.3, -0.25) is 4.79 Å². The SMILES string of the molecule is CC(C)c1ccc(C(=O)c2cc(-c3ccccc3)sc2N)cc1. The summed E-state index contributed by atoms with van der Waals surface area (Å²) >= 11 is 1.46. The zero-order chi connectivity index (χ0) is 16.4. The van der Waals surface area contributed by atoms with Gasteiger partial charge in [0.25, 0.3) is 0 Å². The Morgan fingerprint density at radius 2 is 1.65 bits per heavy atom. The molecule has 0 atom stereocenters. The molecule has 0 saturated heterocycles. The van der Waals surface area contributed by atoms with E-state index in [0.29, 0.717) is 22.0 Å². The number of hydrogen-bond donors (Lipinski definition) is 1. The molecule has 0 unspecified atom stereocenters. The number of carbonyl (C=O) groups excluding carboxylic acids is 1. The molecule has 0 radical (unpaired) electrons. The number of carbonyl (C=O) groups is 1. The van der Waals surface area contributed by atoms with Gasteiger partial charge in [-0.05, 0) is 23.1 Å². The van der Waals surface area contributed by atoms with Crippen LogP contribution in [-0.2, 0) is 0 Å². The van der Waals surface area contributed by atoms with Gasteiger partial charge in [0.15, 0.2) is 5.78 Å². The van der Waals surface area contributed by atoms with Gasteiger partial charge in [0.2, 0.25) is 0 Å². The second kappa shape index (κ2) is 6.39. The first kappa shape index (κ1) is 15.5. The van der Waals surface area contributed by atoms with Crippen LogP contribution in [0.2, 0.25) is 0 Å². The Hall–Kier alpha value is -2.39. The highest BCUT2D eigenvalue weighted by molar-refractivity contribution is 7.19. The molecule has 0 aliphatic rings. The molecule has 0 spiro atoms. The van der Waals surface area contributed by atoms with Crippen molar-refractivity contribution in [2.75, 3.05) is 5.73 Å². The van der Waals surface area contributed by atoms with E-state index in [1.165, 1.54) is 16.9 Å². The molecule has 2 nitrogen and oxygen atoms in total. The van der Waals surface area contributed by atoms with Crippen LogP contribution in [0.15, 0.2) is 60.7 Å². The summed E-state index contributed by atoms with van der Waals surface area (Å²) in [5.74, 6) is 0.436. The lowest BCUT2D eigenvalue weighted by atomic mass is 9.98. The summed E-state index contributed by atoms with van der Waals surface area (Å²) in [4.78, 5) is 13.7. The van der Waals surface area contributed by atoms with Crippen molar-refractivity contribution in [1.82, 2.24) is 0 Å². The van der Waals surface area contributed by atoms with Gasteiger partial charge < -0.3 is 5.73 Å². The molecule has 0 fully saturated rings. The summed E-state index contributed by atoms with van der Waals surface area (Å²) in [5.41, 5.74) is 9.67. The fourth-order valence-corrected chi connectivity index (χ4v) is 3.43. The van der Waals surface area contributed by atoms with Crippen molar-refractivity contribution in [2.45, 2.75) is 19.8 Å². The minimum Gasteiger partial charge on any atom is -0.390 e. The average molecular weight is 321 g/mol. The predicted molar refractivity (Wildman–Crippen MR) is 98.1 cm³/mol. The zero-order valence-corrected chi connectivity index (χ0v) is 14.1. The van der Waals surface area contributed by atoms with Gasteiger partial charge in [-0.15, -0.1) is 11.3 Å².